The summed E-state index contributed by atoms with van der Waals surface area (Å²) in [6, 6.07) is 7.17. The van der Waals surface area contributed by atoms with Crippen LogP contribution in [0.3, 0.4) is 0 Å². The summed E-state index contributed by atoms with van der Waals surface area (Å²) in [7, 11) is 0. The quantitative estimate of drug-likeness (QED) is 0.818. The zero-order valence-corrected chi connectivity index (χ0v) is 10.1. The van der Waals surface area contributed by atoms with Crippen LogP contribution in [-0.4, -0.2) is 16.3 Å². The summed E-state index contributed by atoms with van der Waals surface area (Å²) < 4.78 is 0. The van der Waals surface area contributed by atoms with Gasteiger partial charge < -0.3 is 10.2 Å². The van der Waals surface area contributed by atoms with E-state index in [2.05, 4.69) is 13.8 Å². The molecule has 1 unspecified atom stereocenters. The van der Waals surface area contributed by atoms with Gasteiger partial charge in [-0.3, -0.25) is 0 Å². The van der Waals surface area contributed by atoms with Crippen LogP contribution in [0.4, 0.5) is 0 Å². The van der Waals surface area contributed by atoms with Gasteiger partial charge in [-0.15, -0.1) is 0 Å². The fourth-order valence-electron chi connectivity index (χ4n) is 1.74. The van der Waals surface area contributed by atoms with Crippen LogP contribution in [0.2, 0.25) is 0 Å². The van der Waals surface area contributed by atoms with Gasteiger partial charge in [-0.05, 0) is 30.9 Å². The minimum absolute atomic E-state index is 0.257. The molecule has 0 aliphatic rings. The average molecular weight is 220 g/mol. The Morgan fingerprint density at radius 3 is 2.50 bits per heavy atom. The van der Waals surface area contributed by atoms with E-state index in [0.29, 0.717) is 5.92 Å². The molecule has 0 aliphatic carbocycles. The number of aliphatic hydroxyl groups excluding tert-OH is 1. The molecule has 2 N–H and O–H groups in total. The van der Waals surface area contributed by atoms with Gasteiger partial charge in [-0.25, -0.2) is 0 Å². The fraction of sp³-hybridized carbons (Fsp3) is 0.429. The van der Waals surface area contributed by atoms with Gasteiger partial charge >= 0.3 is 0 Å². The standard InChI is InChI=1S/C14H20O2/c1-10(2)8-12(15)9-11(3)13-6-4-5-7-14(13)16/h4-7,9-10,12,15-16H,8H2,1-3H3/b11-9-. The molecule has 0 spiro atoms. The topological polar surface area (TPSA) is 40.5 Å². The molecule has 0 bridgehead atoms. The molecule has 1 aromatic carbocycles. The Bertz CT molecular complexity index is 367. The SMILES string of the molecule is C/C(=C/C(O)CC(C)C)c1ccccc1O. The predicted molar refractivity (Wildman–Crippen MR) is 67.2 cm³/mol. The lowest BCUT2D eigenvalue weighted by atomic mass is 10.0. The van der Waals surface area contributed by atoms with Crippen molar-refractivity contribution in [1.82, 2.24) is 0 Å². The highest BCUT2D eigenvalue weighted by Gasteiger charge is 2.07. The third-order valence-electron chi connectivity index (χ3n) is 2.48. The molecule has 1 atom stereocenters. The number of para-hydroxylation sites is 1. The molecule has 0 heterocycles. The van der Waals surface area contributed by atoms with Crippen molar-refractivity contribution in [3.63, 3.8) is 0 Å². The van der Waals surface area contributed by atoms with E-state index in [1.807, 2.05) is 19.1 Å². The number of phenols is 1. The zero-order chi connectivity index (χ0) is 12.1. The van der Waals surface area contributed by atoms with Crippen LogP contribution >= 0.6 is 0 Å². The first-order valence-electron chi connectivity index (χ1n) is 5.65. The molecule has 0 saturated heterocycles. The highest BCUT2D eigenvalue weighted by molar-refractivity contribution is 5.68. The smallest absolute Gasteiger partial charge is 0.123 e. The predicted octanol–water partition coefficient (Wildman–Crippen LogP) is 3.20. The van der Waals surface area contributed by atoms with Crippen LogP contribution in [0.5, 0.6) is 5.75 Å². The normalized spacial score (nSPS) is 14.2. The van der Waals surface area contributed by atoms with Crippen molar-refractivity contribution in [3.8, 4) is 5.75 Å². The Balaban J connectivity index is 2.81. The van der Waals surface area contributed by atoms with Gasteiger partial charge in [-0.1, -0.05) is 38.1 Å². The minimum atomic E-state index is -0.445. The van der Waals surface area contributed by atoms with E-state index in [0.717, 1.165) is 17.6 Å². The van der Waals surface area contributed by atoms with Gasteiger partial charge in [0.25, 0.3) is 0 Å². The monoisotopic (exact) mass is 220 g/mol. The molecular formula is C14H20O2. The number of allylic oxidation sites excluding steroid dienone is 1. The molecule has 1 aromatic rings. The van der Waals surface area contributed by atoms with Gasteiger partial charge in [0.15, 0.2) is 0 Å². The van der Waals surface area contributed by atoms with Gasteiger partial charge in [0.05, 0.1) is 6.10 Å². The second-order valence-corrected chi connectivity index (χ2v) is 4.56. The third kappa shape index (κ3) is 3.70. The van der Waals surface area contributed by atoms with E-state index >= 15 is 0 Å². The Hall–Kier alpha value is -1.28. The maximum absolute atomic E-state index is 9.78. The van der Waals surface area contributed by atoms with Crippen molar-refractivity contribution in [3.05, 3.63) is 35.9 Å². The van der Waals surface area contributed by atoms with Crippen LogP contribution in [0.25, 0.3) is 5.57 Å². The Kier molecular flexibility index (Phi) is 4.56. The molecule has 0 amide bonds. The molecule has 0 aromatic heterocycles. The number of aliphatic hydroxyl groups is 1. The van der Waals surface area contributed by atoms with Gasteiger partial charge in [-0.2, -0.15) is 0 Å². The third-order valence-corrected chi connectivity index (χ3v) is 2.48. The molecule has 1 rings (SSSR count). The molecule has 0 radical (unpaired) electrons. The molecule has 88 valence electrons. The number of rotatable bonds is 4. The van der Waals surface area contributed by atoms with E-state index in [1.54, 1.807) is 18.2 Å². The maximum atomic E-state index is 9.78. The van der Waals surface area contributed by atoms with E-state index < -0.39 is 6.10 Å². The largest absolute Gasteiger partial charge is 0.507 e. The second kappa shape index (κ2) is 5.71. The van der Waals surface area contributed by atoms with Gasteiger partial charge in [0.1, 0.15) is 5.75 Å². The summed E-state index contributed by atoms with van der Waals surface area (Å²) in [6.45, 7) is 6.05. The van der Waals surface area contributed by atoms with Crippen LogP contribution in [0.1, 0.15) is 32.8 Å². The summed E-state index contributed by atoms with van der Waals surface area (Å²) >= 11 is 0. The van der Waals surface area contributed by atoms with E-state index in [1.165, 1.54) is 0 Å². The van der Waals surface area contributed by atoms with Gasteiger partial charge in [0, 0.05) is 5.56 Å². The summed E-state index contributed by atoms with van der Waals surface area (Å²) in [6.07, 6.45) is 2.10. The van der Waals surface area contributed by atoms with Crippen LogP contribution < -0.4 is 0 Å². The van der Waals surface area contributed by atoms with E-state index in [4.69, 9.17) is 0 Å². The Morgan fingerprint density at radius 2 is 1.94 bits per heavy atom. The highest BCUT2D eigenvalue weighted by atomic mass is 16.3. The van der Waals surface area contributed by atoms with Gasteiger partial charge in [0.2, 0.25) is 0 Å². The minimum Gasteiger partial charge on any atom is -0.507 e. The first kappa shape index (κ1) is 12.8. The molecule has 0 saturated carbocycles. The number of phenolic OH excluding ortho intramolecular Hbond substituents is 1. The van der Waals surface area contributed by atoms with E-state index in [9.17, 15) is 10.2 Å². The summed E-state index contributed by atoms with van der Waals surface area (Å²) in [5.74, 6) is 0.719. The molecule has 0 fully saturated rings. The highest BCUT2D eigenvalue weighted by Crippen LogP contribution is 2.24. The van der Waals surface area contributed by atoms with Crippen LogP contribution in [0.15, 0.2) is 30.3 Å². The molecule has 16 heavy (non-hydrogen) atoms. The Morgan fingerprint density at radius 1 is 1.31 bits per heavy atom. The lowest BCUT2D eigenvalue weighted by molar-refractivity contribution is 0.195. The summed E-state index contributed by atoms with van der Waals surface area (Å²) in [5.41, 5.74) is 1.69. The van der Waals surface area contributed by atoms with Crippen molar-refractivity contribution < 1.29 is 10.2 Å². The number of aromatic hydroxyl groups is 1. The fourth-order valence-corrected chi connectivity index (χ4v) is 1.74. The van der Waals surface area contributed by atoms with Crippen LogP contribution in [-0.2, 0) is 0 Å². The number of hydrogen-bond donors (Lipinski definition) is 2. The molecule has 0 aliphatic heterocycles. The van der Waals surface area contributed by atoms with Crippen molar-refractivity contribution in [2.24, 2.45) is 5.92 Å². The lowest BCUT2D eigenvalue weighted by Crippen LogP contribution is -2.06. The molecule has 2 nitrogen and oxygen atoms in total. The number of benzene rings is 1. The maximum Gasteiger partial charge on any atom is 0.123 e. The van der Waals surface area contributed by atoms with Crippen molar-refractivity contribution in [2.45, 2.75) is 33.3 Å². The van der Waals surface area contributed by atoms with Crippen molar-refractivity contribution in [1.29, 1.82) is 0 Å². The zero-order valence-electron chi connectivity index (χ0n) is 10.1. The first-order valence-corrected chi connectivity index (χ1v) is 5.65. The first-order chi connectivity index (χ1) is 7.50. The van der Waals surface area contributed by atoms with E-state index in [-0.39, 0.29) is 5.75 Å². The molecule has 2 heteroatoms. The Labute approximate surface area is 97.2 Å². The number of hydrogen-bond acceptors (Lipinski definition) is 2. The second-order valence-electron chi connectivity index (χ2n) is 4.56. The average Bonchev–Trinajstić information content (AvgIpc) is 2.16. The van der Waals surface area contributed by atoms with Crippen molar-refractivity contribution in [2.75, 3.05) is 0 Å². The summed E-state index contributed by atoms with van der Waals surface area (Å²) in [4.78, 5) is 0. The molecular weight excluding hydrogens is 200 g/mol. The van der Waals surface area contributed by atoms with Crippen molar-refractivity contribution >= 4 is 5.57 Å². The van der Waals surface area contributed by atoms with Crippen LogP contribution in [0, 0.1) is 5.92 Å². The summed E-state index contributed by atoms with van der Waals surface area (Å²) in [5, 5.41) is 19.4. The lowest BCUT2D eigenvalue weighted by Gasteiger charge is -2.11.